The highest BCUT2D eigenvalue weighted by Gasteiger charge is 2.16. The van der Waals surface area contributed by atoms with Crippen LogP contribution in [-0.2, 0) is 0 Å². The molecule has 4 nitrogen and oxygen atoms in total. The van der Waals surface area contributed by atoms with Crippen molar-refractivity contribution in [3.05, 3.63) is 88.2 Å². The van der Waals surface area contributed by atoms with E-state index < -0.39 is 0 Å². The van der Waals surface area contributed by atoms with Crippen molar-refractivity contribution >= 4 is 12.1 Å². The highest BCUT2D eigenvalue weighted by Crippen LogP contribution is 2.20. The minimum absolute atomic E-state index is 0.207. The summed E-state index contributed by atoms with van der Waals surface area (Å²) in [6, 6.07) is 18.1. The third-order valence-corrected chi connectivity index (χ3v) is 4.49. The highest BCUT2D eigenvalue weighted by atomic mass is 16.2. The quantitative estimate of drug-likeness (QED) is 0.550. The number of benzene rings is 2. The fourth-order valence-electron chi connectivity index (χ4n) is 3.09. The van der Waals surface area contributed by atoms with E-state index in [-0.39, 0.29) is 5.91 Å². The topological polar surface area (TPSA) is 46.4 Å². The molecule has 1 N–H and O–H groups in total. The van der Waals surface area contributed by atoms with Gasteiger partial charge in [-0.25, -0.2) is 5.43 Å². The summed E-state index contributed by atoms with van der Waals surface area (Å²) >= 11 is 0. The molecule has 1 amide bonds. The molecule has 0 aliphatic carbocycles. The molecule has 1 heterocycles. The summed E-state index contributed by atoms with van der Waals surface area (Å²) in [6.45, 7) is 8.00. The van der Waals surface area contributed by atoms with Gasteiger partial charge in [-0.2, -0.15) is 5.10 Å². The summed E-state index contributed by atoms with van der Waals surface area (Å²) in [5.41, 5.74) is 9.51. The minimum atomic E-state index is -0.207. The molecule has 0 unspecified atom stereocenters. The Hall–Kier alpha value is -3.14. The molecular formula is C22H23N3O. The molecule has 0 saturated carbocycles. The fraction of sp³-hybridized carbons (Fsp3) is 0.182. The van der Waals surface area contributed by atoms with Gasteiger partial charge in [-0.15, -0.1) is 0 Å². The van der Waals surface area contributed by atoms with Crippen LogP contribution in [0.4, 0.5) is 0 Å². The van der Waals surface area contributed by atoms with Crippen molar-refractivity contribution in [1.29, 1.82) is 0 Å². The number of hydrogen-bond acceptors (Lipinski definition) is 2. The lowest BCUT2D eigenvalue weighted by Gasteiger charge is -2.09. The van der Waals surface area contributed by atoms with Gasteiger partial charge >= 0.3 is 0 Å². The van der Waals surface area contributed by atoms with Crippen molar-refractivity contribution in [3.8, 4) is 5.69 Å². The second-order valence-corrected chi connectivity index (χ2v) is 6.51. The van der Waals surface area contributed by atoms with E-state index in [1.807, 2.05) is 76.2 Å². The molecule has 132 valence electrons. The number of carbonyl (C=O) groups excluding carboxylic acids is 1. The molecule has 2 aromatic carbocycles. The Balaban J connectivity index is 1.81. The van der Waals surface area contributed by atoms with Crippen LogP contribution in [0.2, 0.25) is 0 Å². The van der Waals surface area contributed by atoms with E-state index in [1.165, 1.54) is 0 Å². The van der Waals surface area contributed by atoms with Crippen LogP contribution in [0.3, 0.4) is 0 Å². The smallest absolute Gasteiger partial charge is 0.273 e. The van der Waals surface area contributed by atoms with Crippen LogP contribution in [0.1, 0.15) is 38.4 Å². The molecule has 0 fully saturated rings. The van der Waals surface area contributed by atoms with E-state index in [1.54, 1.807) is 6.21 Å². The normalized spacial score (nSPS) is 11.1. The average molecular weight is 345 g/mol. The van der Waals surface area contributed by atoms with Gasteiger partial charge in [0.2, 0.25) is 0 Å². The molecular weight excluding hydrogens is 322 g/mol. The monoisotopic (exact) mass is 345 g/mol. The van der Waals surface area contributed by atoms with Crippen molar-refractivity contribution in [3.63, 3.8) is 0 Å². The van der Waals surface area contributed by atoms with E-state index >= 15 is 0 Å². The summed E-state index contributed by atoms with van der Waals surface area (Å²) in [5.74, 6) is -0.207. The maximum absolute atomic E-state index is 12.6. The zero-order chi connectivity index (χ0) is 18.7. The molecule has 0 spiro atoms. The number of hydrogen-bond donors (Lipinski definition) is 1. The van der Waals surface area contributed by atoms with Gasteiger partial charge < -0.3 is 4.57 Å². The number of para-hydroxylation sites is 1. The molecule has 4 heteroatoms. The third kappa shape index (κ3) is 3.59. The van der Waals surface area contributed by atoms with Crippen molar-refractivity contribution in [2.45, 2.75) is 27.7 Å². The molecule has 3 rings (SSSR count). The number of amides is 1. The van der Waals surface area contributed by atoms with Crippen LogP contribution in [0, 0.1) is 27.7 Å². The lowest BCUT2D eigenvalue weighted by atomic mass is 10.1. The first-order valence-electron chi connectivity index (χ1n) is 8.62. The largest absolute Gasteiger partial charge is 0.318 e. The van der Waals surface area contributed by atoms with Crippen LogP contribution < -0.4 is 5.43 Å². The summed E-state index contributed by atoms with van der Waals surface area (Å²) < 4.78 is 2.07. The van der Waals surface area contributed by atoms with Crippen molar-refractivity contribution in [1.82, 2.24) is 9.99 Å². The van der Waals surface area contributed by atoms with Gasteiger partial charge in [0, 0.05) is 17.1 Å². The summed E-state index contributed by atoms with van der Waals surface area (Å²) in [5, 5.41) is 4.14. The van der Waals surface area contributed by atoms with E-state index in [9.17, 15) is 4.79 Å². The second-order valence-electron chi connectivity index (χ2n) is 6.51. The van der Waals surface area contributed by atoms with E-state index in [0.29, 0.717) is 5.56 Å². The molecule has 1 aromatic heterocycles. The molecule has 0 aliphatic rings. The second kappa shape index (κ2) is 7.40. The van der Waals surface area contributed by atoms with E-state index in [4.69, 9.17) is 0 Å². The number of nitrogens with zero attached hydrogens (tertiary/aromatic N) is 2. The maximum atomic E-state index is 12.6. The van der Waals surface area contributed by atoms with E-state index in [0.717, 1.165) is 33.8 Å². The van der Waals surface area contributed by atoms with Crippen molar-refractivity contribution in [2.75, 3.05) is 0 Å². The van der Waals surface area contributed by atoms with Crippen molar-refractivity contribution in [2.24, 2.45) is 5.10 Å². The number of carbonyl (C=O) groups is 1. The number of rotatable bonds is 4. The zero-order valence-corrected chi connectivity index (χ0v) is 15.6. The Morgan fingerprint density at radius 3 is 2.46 bits per heavy atom. The molecule has 0 atom stereocenters. The van der Waals surface area contributed by atoms with Crippen LogP contribution in [-0.4, -0.2) is 16.7 Å². The SMILES string of the molecule is Cc1ccc(C)c(/C=N\NC(=O)c2cc(C)n(-c3ccccc3)c2C)c1. The summed E-state index contributed by atoms with van der Waals surface area (Å²) in [6.07, 6.45) is 1.69. The lowest BCUT2D eigenvalue weighted by molar-refractivity contribution is 0.0954. The van der Waals surface area contributed by atoms with Gasteiger partial charge in [-0.3, -0.25) is 4.79 Å². The third-order valence-electron chi connectivity index (χ3n) is 4.49. The predicted octanol–water partition coefficient (Wildman–Crippen LogP) is 4.47. The number of aryl methyl sites for hydroxylation is 3. The van der Waals surface area contributed by atoms with Crippen LogP contribution >= 0.6 is 0 Å². The summed E-state index contributed by atoms with van der Waals surface area (Å²) in [7, 11) is 0. The van der Waals surface area contributed by atoms with Gasteiger partial charge in [0.05, 0.1) is 11.8 Å². The zero-order valence-electron chi connectivity index (χ0n) is 15.6. The van der Waals surface area contributed by atoms with Crippen LogP contribution in [0.25, 0.3) is 5.69 Å². The highest BCUT2D eigenvalue weighted by molar-refractivity contribution is 5.96. The number of hydrazone groups is 1. The summed E-state index contributed by atoms with van der Waals surface area (Å²) in [4.78, 5) is 12.6. The molecule has 0 saturated heterocycles. The first-order valence-corrected chi connectivity index (χ1v) is 8.62. The van der Waals surface area contributed by atoms with Gasteiger partial charge in [0.25, 0.3) is 5.91 Å². The molecule has 0 bridgehead atoms. The number of nitrogens with one attached hydrogen (secondary N) is 1. The lowest BCUT2D eigenvalue weighted by Crippen LogP contribution is -2.18. The van der Waals surface area contributed by atoms with Crippen LogP contribution in [0.5, 0.6) is 0 Å². The van der Waals surface area contributed by atoms with Crippen LogP contribution in [0.15, 0.2) is 59.7 Å². The van der Waals surface area contributed by atoms with Gasteiger partial charge in [-0.05, 0) is 57.0 Å². The molecule has 0 radical (unpaired) electrons. The van der Waals surface area contributed by atoms with Gasteiger partial charge in [0.15, 0.2) is 0 Å². The predicted molar refractivity (Wildman–Crippen MR) is 106 cm³/mol. The molecule has 26 heavy (non-hydrogen) atoms. The standard InChI is InChI=1S/C22H23N3O/c1-15-10-11-16(2)19(12-15)14-23-24-22(26)21-13-17(3)25(18(21)4)20-8-6-5-7-9-20/h5-14H,1-4H3,(H,24,26)/b23-14-. The Kier molecular flexibility index (Phi) is 5.03. The molecule has 0 aliphatic heterocycles. The fourth-order valence-corrected chi connectivity index (χ4v) is 3.09. The Morgan fingerprint density at radius 1 is 1.00 bits per heavy atom. The minimum Gasteiger partial charge on any atom is -0.318 e. The van der Waals surface area contributed by atoms with Gasteiger partial charge in [-0.1, -0.05) is 42.0 Å². The Labute approximate surface area is 154 Å². The molecule has 3 aromatic rings. The Morgan fingerprint density at radius 2 is 1.73 bits per heavy atom. The van der Waals surface area contributed by atoms with E-state index in [2.05, 4.69) is 21.2 Å². The number of aromatic nitrogens is 1. The Bertz CT molecular complexity index is 969. The average Bonchev–Trinajstić information content (AvgIpc) is 2.93. The van der Waals surface area contributed by atoms with Gasteiger partial charge in [0.1, 0.15) is 0 Å². The first-order chi connectivity index (χ1) is 12.5. The first kappa shape index (κ1) is 17.7. The van der Waals surface area contributed by atoms with Crippen molar-refractivity contribution < 1.29 is 4.79 Å². The maximum Gasteiger partial charge on any atom is 0.273 e.